The highest BCUT2D eigenvalue weighted by Crippen LogP contribution is 2.15. The summed E-state index contributed by atoms with van der Waals surface area (Å²) in [5, 5.41) is 14.3. The molecule has 3 N–H and O–H groups in total. The van der Waals surface area contributed by atoms with Crippen LogP contribution in [0.4, 0.5) is 0 Å². The number of H-pyrrole nitrogens is 1. The van der Waals surface area contributed by atoms with Crippen LogP contribution in [0.3, 0.4) is 0 Å². The summed E-state index contributed by atoms with van der Waals surface area (Å²) in [6, 6.07) is 13.9. The van der Waals surface area contributed by atoms with Crippen molar-refractivity contribution in [1.29, 1.82) is 0 Å². The van der Waals surface area contributed by atoms with E-state index in [-0.39, 0.29) is 11.7 Å². The molecule has 5 heteroatoms. The zero-order valence-electron chi connectivity index (χ0n) is 11.1. The Morgan fingerprint density at radius 1 is 1.19 bits per heavy atom. The van der Waals surface area contributed by atoms with Crippen molar-refractivity contribution in [3.05, 3.63) is 65.9 Å². The lowest BCUT2D eigenvalue weighted by Crippen LogP contribution is -2.17. The zero-order chi connectivity index (χ0) is 14.7. The van der Waals surface area contributed by atoms with Gasteiger partial charge in [0, 0.05) is 28.2 Å². The molecule has 2 aromatic carbocycles. The van der Waals surface area contributed by atoms with Crippen LogP contribution in [-0.4, -0.2) is 22.2 Å². The number of rotatable bonds is 3. The third-order valence-electron chi connectivity index (χ3n) is 3.10. The van der Waals surface area contributed by atoms with Gasteiger partial charge in [-0.1, -0.05) is 24.3 Å². The number of carbonyl (C=O) groups is 1. The minimum absolute atomic E-state index is 0.0447. The molecule has 1 heterocycles. The molecule has 0 aliphatic rings. The summed E-state index contributed by atoms with van der Waals surface area (Å²) >= 11 is 0. The van der Waals surface area contributed by atoms with Gasteiger partial charge in [-0.15, -0.1) is 0 Å². The molecule has 0 bridgehead atoms. The maximum absolute atomic E-state index is 11.8. The average Bonchev–Trinajstić information content (AvgIpc) is 2.91. The van der Waals surface area contributed by atoms with E-state index in [0.29, 0.717) is 5.56 Å². The monoisotopic (exact) mass is 279 g/mol. The number of fused-ring (bicyclic) bond motifs is 1. The van der Waals surface area contributed by atoms with Crippen molar-refractivity contribution in [3.8, 4) is 5.75 Å². The summed E-state index contributed by atoms with van der Waals surface area (Å²) in [7, 11) is 0. The Bertz CT molecular complexity index is 821. The van der Waals surface area contributed by atoms with Crippen molar-refractivity contribution in [2.75, 3.05) is 0 Å². The van der Waals surface area contributed by atoms with Gasteiger partial charge in [-0.25, -0.2) is 5.43 Å². The maximum atomic E-state index is 11.8. The number of aromatic hydroxyl groups is 1. The molecule has 0 radical (unpaired) electrons. The molecule has 3 aromatic rings. The molecular weight excluding hydrogens is 266 g/mol. The van der Waals surface area contributed by atoms with Crippen LogP contribution in [0.15, 0.2) is 59.8 Å². The molecule has 0 saturated carbocycles. The number of aromatic amines is 1. The number of phenolic OH excluding ortho intramolecular Hbond substituents is 1. The Morgan fingerprint density at radius 3 is 2.90 bits per heavy atom. The van der Waals surface area contributed by atoms with E-state index in [2.05, 4.69) is 15.5 Å². The Morgan fingerprint density at radius 2 is 2.05 bits per heavy atom. The SMILES string of the molecule is O=C(N/N=C\c1c[nH]c2ccccc12)c1cccc(O)c1. The fourth-order valence-electron chi connectivity index (χ4n) is 2.07. The highest BCUT2D eigenvalue weighted by atomic mass is 16.3. The molecule has 0 saturated heterocycles. The second-order valence-electron chi connectivity index (χ2n) is 4.54. The van der Waals surface area contributed by atoms with Crippen LogP contribution in [0.1, 0.15) is 15.9 Å². The summed E-state index contributed by atoms with van der Waals surface area (Å²) in [5.41, 5.74) is 4.69. The number of amides is 1. The largest absolute Gasteiger partial charge is 0.508 e. The molecule has 104 valence electrons. The quantitative estimate of drug-likeness (QED) is 0.509. The van der Waals surface area contributed by atoms with Gasteiger partial charge < -0.3 is 10.1 Å². The average molecular weight is 279 g/mol. The number of nitrogens with one attached hydrogen (secondary N) is 2. The number of para-hydroxylation sites is 1. The molecule has 1 aromatic heterocycles. The smallest absolute Gasteiger partial charge is 0.271 e. The van der Waals surface area contributed by atoms with Crippen molar-refractivity contribution in [1.82, 2.24) is 10.4 Å². The number of benzene rings is 2. The van der Waals surface area contributed by atoms with Crippen LogP contribution in [0.5, 0.6) is 5.75 Å². The van der Waals surface area contributed by atoms with E-state index in [1.807, 2.05) is 30.5 Å². The first kappa shape index (κ1) is 12.9. The molecule has 3 rings (SSSR count). The normalized spacial score (nSPS) is 11.0. The van der Waals surface area contributed by atoms with E-state index in [1.165, 1.54) is 12.1 Å². The molecule has 0 fully saturated rings. The number of carbonyl (C=O) groups excluding carboxylic acids is 1. The molecule has 5 nitrogen and oxygen atoms in total. The van der Waals surface area contributed by atoms with Crippen molar-refractivity contribution in [2.45, 2.75) is 0 Å². The lowest BCUT2D eigenvalue weighted by molar-refractivity contribution is 0.0954. The minimum Gasteiger partial charge on any atom is -0.508 e. The Hall–Kier alpha value is -3.08. The molecule has 0 aliphatic heterocycles. The maximum Gasteiger partial charge on any atom is 0.271 e. The fraction of sp³-hybridized carbons (Fsp3) is 0. The Labute approximate surface area is 120 Å². The van der Waals surface area contributed by atoms with Crippen LogP contribution in [0.2, 0.25) is 0 Å². The number of hydrazone groups is 1. The van der Waals surface area contributed by atoms with E-state index < -0.39 is 0 Å². The van der Waals surface area contributed by atoms with Crippen molar-refractivity contribution in [3.63, 3.8) is 0 Å². The van der Waals surface area contributed by atoms with Crippen LogP contribution in [0.25, 0.3) is 10.9 Å². The second-order valence-corrected chi connectivity index (χ2v) is 4.54. The van der Waals surface area contributed by atoms with Gasteiger partial charge in [-0.3, -0.25) is 4.79 Å². The van der Waals surface area contributed by atoms with Gasteiger partial charge in [-0.2, -0.15) is 5.10 Å². The van der Waals surface area contributed by atoms with Crippen molar-refractivity contribution >= 4 is 23.0 Å². The first-order valence-corrected chi connectivity index (χ1v) is 6.42. The summed E-state index contributed by atoms with van der Waals surface area (Å²) < 4.78 is 0. The molecule has 0 unspecified atom stereocenters. The van der Waals surface area contributed by atoms with Gasteiger partial charge in [0.15, 0.2) is 0 Å². The van der Waals surface area contributed by atoms with E-state index in [0.717, 1.165) is 16.5 Å². The van der Waals surface area contributed by atoms with Crippen LogP contribution in [0, 0.1) is 0 Å². The number of phenols is 1. The zero-order valence-corrected chi connectivity index (χ0v) is 11.1. The number of aromatic nitrogens is 1. The highest BCUT2D eigenvalue weighted by Gasteiger charge is 2.04. The molecule has 21 heavy (non-hydrogen) atoms. The van der Waals surface area contributed by atoms with Gasteiger partial charge in [0.05, 0.1) is 6.21 Å². The molecule has 1 amide bonds. The first-order chi connectivity index (χ1) is 10.2. The standard InChI is InChI=1S/C16H13N3O2/c20-13-5-3-4-11(8-13)16(21)19-18-10-12-9-17-15-7-2-1-6-14(12)15/h1-10,17,20H,(H,19,21)/b18-10-. The topological polar surface area (TPSA) is 77.5 Å². The third-order valence-corrected chi connectivity index (χ3v) is 3.10. The number of hydrogen-bond donors (Lipinski definition) is 3. The Balaban J connectivity index is 1.74. The van der Waals surface area contributed by atoms with Gasteiger partial charge >= 0.3 is 0 Å². The van der Waals surface area contributed by atoms with Crippen molar-refractivity contribution < 1.29 is 9.90 Å². The van der Waals surface area contributed by atoms with Gasteiger partial charge in [-0.05, 0) is 24.3 Å². The van der Waals surface area contributed by atoms with Crippen LogP contribution in [-0.2, 0) is 0 Å². The van der Waals surface area contributed by atoms with Crippen LogP contribution >= 0.6 is 0 Å². The van der Waals surface area contributed by atoms with Gasteiger partial charge in [0.25, 0.3) is 5.91 Å². The molecule has 0 atom stereocenters. The Kier molecular flexibility index (Phi) is 3.39. The summed E-state index contributed by atoms with van der Waals surface area (Å²) in [5.74, 6) is -0.328. The molecular formula is C16H13N3O2. The van der Waals surface area contributed by atoms with E-state index >= 15 is 0 Å². The predicted octanol–water partition coefficient (Wildman–Crippen LogP) is 2.64. The number of hydrogen-bond acceptors (Lipinski definition) is 3. The summed E-state index contributed by atoms with van der Waals surface area (Å²) in [6.45, 7) is 0. The van der Waals surface area contributed by atoms with E-state index in [4.69, 9.17) is 0 Å². The number of nitrogens with zero attached hydrogens (tertiary/aromatic N) is 1. The summed E-state index contributed by atoms with van der Waals surface area (Å²) in [4.78, 5) is 15.0. The molecule has 0 aliphatic carbocycles. The second kappa shape index (κ2) is 5.50. The fourth-order valence-corrected chi connectivity index (χ4v) is 2.07. The van der Waals surface area contributed by atoms with E-state index in [1.54, 1.807) is 18.3 Å². The summed E-state index contributed by atoms with van der Waals surface area (Å²) in [6.07, 6.45) is 3.41. The molecule has 0 spiro atoms. The first-order valence-electron chi connectivity index (χ1n) is 6.42. The lowest BCUT2D eigenvalue weighted by Gasteiger charge is -1.99. The van der Waals surface area contributed by atoms with Crippen LogP contribution < -0.4 is 5.43 Å². The lowest BCUT2D eigenvalue weighted by atomic mass is 10.2. The van der Waals surface area contributed by atoms with Gasteiger partial charge in [0.2, 0.25) is 0 Å². The predicted molar refractivity (Wildman–Crippen MR) is 81.5 cm³/mol. The van der Waals surface area contributed by atoms with Crippen molar-refractivity contribution in [2.24, 2.45) is 5.10 Å². The minimum atomic E-state index is -0.373. The third kappa shape index (κ3) is 2.76. The highest BCUT2D eigenvalue weighted by molar-refractivity contribution is 6.00. The van der Waals surface area contributed by atoms with Gasteiger partial charge in [0.1, 0.15) is 5.75 Å². The van der Waals surface area contributed by atoms with E-state index in [9.17, 15) is 9.90 Å².